The Hall–Kier alpha value is -1.38. The standard InChI is InChI=1S/C10H15N3O4S/c11-18(16,17)13-6-3-8(9(13)10(14)15)7-1-4-12-5-2-7/h3,6-7,12H,1-2,4-5H2,(H,14,15)(H2,11,16,17)/p+1. The molecule has 2 heterocycles. The Morgan fingerprint density at radius 2 is 2.06 bits per heavy atom. The van der Waals surface area contributed by atoms with E-state index in [-0.39, 0.29) is 11.6 Å². The van der Waals surface area contributed by atoms with Crippen LogP contribution in [0.15, 0.2) is 12.3 Å². The number of hydrogen-bond donors (Lipinski definition) is 3. The van der Waals surface area contributed by atoms with Gasteiger partial charge in [-0.15, -0.1) is 0 Å². The van der Waals surface area contributed by atoms with Gasteiger partial charge in [0.1, 0.15) is 5.69 Å². The normalized spacial score (nSPS) is 17.8. The van der Waals surface area contributed by atoms with E-state index in [9.17, 15) is 18.3 Å². The van der Waals surface area contributed by atoms with E-state index in [2.05, 4.69) is 5.32 Å². The summed E-state index contributed by atoms with van der Waals surface area (Å²) in [6.45, 7) is 1.84. The Morgan fingerprint density at radius 3 is 2.56 bits per heavy atom. The van der Waals surface area contributed by atoms with E-state index >= 15 is 0 Å². The highest BCUT2D eigenvalue weighted by molar-refractivity contribution is 7.87. The van der Waals surface area contributed by atoms with Gasteiger partial charge in [0.15, 0.2) is 0 Å². The maximum Gasteiger partial charge on any atom is 0.353 e. The third-order valence-corrected chi connectivity index (χ3v) is 4.09. The number of quaternary nitrogens is 1. The fraction of sp³-hybridized carbons (Fsp3) is 0.500. The van der Waals surface area contributed by atoms with Crippen molar-refractivity contribution in [1.29, 1.82) is 0 Å². The summed E-state index contributed by atoms with van der Waals surface area (Å²) in [7, 11) is -4.07. The average Bonchev–Trinajstić information content (AvgIpc) is 2.74. The highest BCUT2D eigenvalue weighted by atomic mass is 32.2. The van der Waals surface area contributed by atoms with Gasteiger partial charge in [0.2, 0.25) is 0 Å². The van der Waals surface area contributed by atoms with E-state index in [1.165, 1.54) is 6.20 Å². The first-order valence-electron chi connectivity index (χ1n) is 5.70. The van der Waals surface area contributed by atoms with Crippen LogP contribution in [-0.4, -0.2) is 36.6 Å². The van der Waals surface area contributed by atoms with Gasteiger partial charge in [-0.1, -0.05) is 0 Å². The van der Waals surface area contributed by atoms with Crippen molar-refractivity contribution < 1.29 is 23.6 Å². The molecule has 1 fully saturated rings. The lowest BCUT2D eigenvalue weighted by Gasteiger charge is -2.20. The Labute approximate surface area is 105 Å². The molecule has 0 atom stereocenters. The Kier molecular flexibility index (Phi) is 3.42. The maximum absolute atomic E-state index is 11.3. The first-order valence-corrected chi connectivity index (χ1v) is 7.21. The Morgan fingerprint density at radius 1 is 1.44 bits per heavy atom. The third-order valence-electron chi connectivity index (χ3n) is 3.24. The number of carbonyl (C=O) groups is 1. The summed E-state index contributed by atoms with van der Waals surface area (Å²) < 4.78 is 23.3. The van der Waals surface area contributed by atoms with Crippen LogP contribution in [0.3, 0.4) is 0 Å². The summed E-state index contributed by atoms with van der Waals surface area (Å²) in [6.07, 6.45) is 2.90. The van der Waals surface area contributed by atoms with Gasteiger partial charge in [0, 0.05) is 19.0 Å². The molecule has 1 aliphatic heterocycles. The zero-order valence-corrected chi connectivity index (χ0v) is 10.6. The van der Waals surface area contributed by atoms with E-state index in [4.69, 9.17) is 5.14 Å². The fourth-order valence-electron chi connectivity index (χ4n) is 2.43. The number of nitrogens with zero attached hydrogens (tertiary/aromatic N) is 1. The lowest BCUT2D eigenvalue weighted by Crippen LogP contribution is -2.86. The second-order valence-electron chi connectivity index (χ2n) is 4.41. The molecule has 0 aromatic carbocycles. The van der Waals surface area contributed by atoms with Crippen LogP contribution in [0.4, 0.5) is 0 Å². The van der Waals surface area contributed by atoms with Crippen LogP contribution in [0, 0.1) is 0 Å². The van der Waals surface area contributed by atoms with Crippen molar-refractivity contribution in [2.75, 3.05) is 13.1 Å². The molecule has 1 aliphatic rings. The molecule has 8 heteroatoms. The summed E-state index contributed by atoms with van der Waals surface area (Å²) in [4.78, 5) is 11.2. The van der Waals surface area contributed by atoms with E-state index in [0.29, 0.717) is 9.54 Å². The molecule has 0 saturated carbocycles. The van der Waals surface area contributed by atoms with E-state index in [1.807, 2.05) is 0 Å². The highest BCUT2D eigenvalue weighted by Gasteiger charge is 2.28. The lowest BCUT2D eigenvalue weighted by molar-refractivity contribution is -0.663. The number of rotatable bonds is 3. The van der Waals surface area contributed by atoms with E-state index < -0.39 is 16.2 Å². The predicted molar refractivity (Wildman–Crippen MR) is 63.5 cm³/mol. The molecule has 1 aromatic heterocycles. The molecule has 0 amide bonds. The van der Waals surface area contributed by atoms with Gasteiger partial charge in [-0.2, -0.15) is 8.42 Å². The monoisotopic (exact) mass is 274 g/mol. The molecular weight excluding hydrogens is 258 g/mol. The van der Waals surface area contributed by atoms with Gasteiger partial charge in [-0.3, -0.25) is 0 Å². The molecule has 0 unspecified atom stereocenters. The molecule has 0 aliphatic carbocycles. The number of aromatic nitrogens is 1. The third kappa shape index (κ3) is 2.40. The van der Waals surface area contributed by atoms with Crippen molar-refractivity contribution in [3.63, 3.8) is 0 Å². The zero-order chi connectivity index (χ0) is 13.3. The van der Waals surface area contributed by atoms with Crippen LogP contribution in [0.5, 0.6) is 0 Å². The largest absolute Gasteiger partial charge is 0.477 e. The second-order valence-corrected chi connectivity index (χ2v) is 5.83. The van der Waals surface area contributed by atoms with Crippen LogP contribution < -0.4 is 10.5 Å². The molecule has 2 rings (SSSR count). The second kappa shape index (κ2) is 4.71. The molecule has 0 spiro atoms. The number of carboxylic acid groups (broad SMARTS) is 1. The van der Waals surface area contributed by atoms with Crippen LogP contribution in [0.25, 0.3) is 0 Å². The summed E-state index contributed by atoms with van der Waals surface area (Å²) in [5.74, 6) is -1.18. The molecule has 1 saturated heterocycles. The van der Waals surface area contributed by atoms with Gasteiger partial charge in [-0.05, 0) is 17.5 Å². The van der Waals surface area contributed by atoms with Crippen molar-refractivity contribution in [2.24, 2.45) is 5.14 Å². The van der Waals surface area contributed by atoms with Crippen molar-refractivity contribution in [1.82, 2.24) is 3.97 Å². The van der Waals surface area contributed by atoms with Crippen molar-refractivity contribution >= 4 is 16.2 Å². The first kappa shape index (κ1) is 13.1. The Bertz CT molecular complexity index is 558. The van der Waals surface area contributed by atoms with Crippen molar-refractivity contribution in [3.05, 3.63) is 23.5 Å². The average molecular weight is 274 g/mol. The summed E-state index contributed by atoms with van der Waals surface area (Å²) in [5.41, 5.74) is 0.328. The number of piperidine rings is 1. The zero-order valence-electron chi connectivity index (χ0n) is 9.74. The molecule has 0 radical (unpaired) electrons. The quantitative estimate of drug-likeness (QED) is 0.633. The fourth-order valence-corrected chi connectivity index (χ4v) is 3.09. The van der Waals surface area contributed by atoms with Crippen molar-refractivity contribution in [3.8, 4) is 0 Å². The number of nitrogens with two attached hydrogens (primary N) is 2. The SMILES string of the molecule is NS(=O)(=O)n1ccc(C2CC[NH2+]CC2)c1C(=O)O. The molecule has 1 aromatic rings. The maximum atomic E-state index is 11.3. The highest BCUT2D eigenvalue weighted by Crippen LogP contribution is 2.28. The topological polar surface area (TPSA) is 119 Å². The van der Waals surface area contributed by atoms with Crippen LogP contribution in [0.1, 0.15) is 34.8 Å². The Balaban J connectivity index is 2.48. The van der Waals surface area contributed by atoms with Crippen molar-refractivity contribution in [2.45, 2.75) is 18.8 Å². The number of hydrogen-bond acceptors (Lipinski definition) is 3. The van der Waals surface area contributed by atoms with Gasteiger partial charge in [0.05, 0.1) is 13.1 Å². The molecule has 18 heavy (non-hydrogen) atoms. The summed E-state index contributed by atoms with van der Waals surface area (Å²) in [6, 6.07) is 1.55. The smallest absolute Gasteiger partial charge is 0.353 e. The van der Waals surface area contributed by atoms with Gasteiger partial charge in [-0.25, -0.2) is 13.9 Å². The van der Waals surface area contributed by atoms with E-state index in [0.717, 1.165) is 25.9 Å². The lowest BCUT2D eigenvalue weighted by atomic mass is 9.90. The number of carboxylic acids is 1. The predicted octanol–water partition coefficient (Wildman–Crippen LogP) is -1.32. The van der Waals surface area contributed by atoms with Gasteiger partial charge in [0.25, 0.3) is 0 Å². The minimum atomic E-state index is -4.07. The molecule has 7 nitrogen and oxygen atoms in total. The van der Waals surface area contributed by atoms with Gasteiger partial charge >= 0.3 is 16.2 Å². The molecule has 5 N–H and O–H groups in total. The van der Waals surface area contributed by atoms with Crippen LogP contribution in [-0.2, 0) is 10.2 Å². The molecule has 100 valence electrons. The van der Waals surface area contributed by atoms with Crippen LogP contribution >= 0.6 is 0 Å². The minimum Gasteiger partial charge on any atom is -0.477 e. The first-order chi connectivity index (χ1) is 8.41. The molecular formula is C10H16N3O4S+. The summed E-state index contributed by atoms with van der Waals surface area (Å²) >= 11 is 0. The minimum absolute atomic E-state index is 0.0871. The van der Waals surface area contributed by atoms with Crippen LogP contribution in [0.2, 0.25) is 0 Å². The summed E-state index contributed by atoms with van der Waals surface area (Å²) in [5, 5.41) is 16.3. The van der Waals surface area contributed by atoms with E-state index in [1.54, 1.807) is 6.07 Å². The molecule has 0 bridgehead atoms. The van der Waals surface area contributed by atoms with Gasteiger partial charge < -0.3 is 10.4 Å². The number of aromatic carboxylic acids is 1.